The molecule has 51 heavy (non-hydrogen) atoms. The summed E-state index contributed by atoms with van der Waals surface area (Å²) in [5.41, 5.74) is 9.44. The summed E-state index contributed by atoms with van der Waals surface area (Å²) in [6, 6.07) is 5.34. The van der Waals surface area contributed by atoms with Crippen LogP contribution in [0.4, 0.5) is 30.6 Å². The number of aryl methyl sites for hydroxylation is 1. The molecule has 4 aliphatic heterocycles. The standard InChI is InChI=1S/C38H45F3N8O2/c1-5-25-17-26-32(33(51-23-38(39,40)41)31(25)30-24(4)9-10-28(43)27(30)18-42)44-35(48-21-37(22-48)11-8-14-49(37)7-3)45-34(26)46-15-12-36(13-16-46)19-47(20-36)29(50)6-2/h5-6,9-10,17-18,42H,1-2,7-8,11-16,19-23,43H2,3-4H3. The second kappa shape index (κ2) is 12.8. The van der Waals surface area contributed by atoms with Crippen LogP contribution in [0.5, 0.6) is 5.75 Å². The molecule has 2 spiro atoms. The number of amides is 1. The number of likely N-dealkylation sites (tertiary alicyclic amines) is 2. The number of likely N-dealkylation sites (N-methyl/N-ethyl adjacent to an activating group) is 1. The maximum absolute atomic E-state index is 14.0. The lowest BCUT2D eigenvalue weighted by Crippen LogP contribution is -2.68. The zero-order valence-corrected chi connectivity index (χ0v) is 29.3. The molecule has 0 aliphatic carbocycles. The van der Waals surface area contributed by atoms with Crippen molar-refractivity contribution < 1.29 is 22.7 Å². The number of ether oxygens (including phenoxy) is 1. The second-order valence-corrected chi connectivity index (χ2v) is 14.6. The third-order valence-corrected chi connectivity index (χ3v) is 11.5. The Balaban J connectivity index is 1.39. The number of aromatic nitrogens is 2. The number of nitrogen functional groups attached to an aromatic ring is 1. The van der Waals surface area contributed by atoms with Crippen LogP contribution in [0.15, 0.2) is 37.4 Å². The Morgan fingerprint density at radius 2 is 1.78 bits per heavy atom. The van der Waals surface area contributed by atoms with Crippen LogP contribution in [-0.2, 0) is 4.79 Å². The third-order valence-electron chi connectivity index (χ3n) is 11.5. The smallest absolute Gasteiger partial charge is 0.422 e. The molecule has 5 heterocycles. The maximum atomic E-state index is 14.0. The molecule has 270 valence electrons. The molecule has 7 rings (SSSR count). The first kappa shape index (κ1) is 34.8. The van der Waals surface area contributed by atoms with Crippen molar-refractivity contribution in [3.05, 3.63) is 54.1 Å². The van der Waals surface area contributed by atoms with E-state index in [1.807, 2.05) is 17.9 Å². The van der Waals surface area contributed by atoms with Gasteiger partial charge in [-0.05, 0) is 80.6 Å². The molecule has 4 aliphatic rings. The number of alkyl halides is 3. The molecule has 0 unspecified atom stereocenters. The highest BCUT2D eigenvalue weighted by molar-refractivity contribution is 6.06. The number of halogens is 3. The Labute approximate surface area is 296 Å². The minimum atomic E-state index is -4.62. The molecular formula is C38H45F3N8O2. The SMILES string of the molecule is C=CC(=O)N1CC2(CCN(c3nc(N4CC5(CCCN5CC)C4)nc4c(OCC(F)(F)F)c(-c5c(C)ccc(N)c5C=N)c(C=C)cc34)CC2)C1. The van der Waals surface area contributed by atoms with Crippen molar-refractivity contribution in [1.29, 1.82) is 5.41 Å². The Bertz CT molecular complexity index is 1910. The summed E-state index contributed by atoms with van der Waals surface area (Å²) in [6.07, 6.45) is 3.30. The van der Waals surface area contributed by atoms with E-state index in [9.17, 15) is 18.0 Å². The van der Waals surface area contributed by atoms with E-state index in [1.54, 1.807) is 18.2 Å². The fourth-order valence-corrected chi connectivity index (χ4v) is 8.77. The first-order valence-electron chi connectivity index (χ1n) is 17.6. The molecule has 10 nitrogen and oxygen atoms in total. The number of fused-ring (bicyclic) bond motifs is 1. The molecule has 0 saturated carbocycles. The Morgan fingerprint density at radius 1 is 1.06 bits per heavy atom. The predicted molar refractivity (Wildman–Crippen MR) is 196 cm³/mol. The van der Waals surface area contributed by atoms with Gasteiger partial charge in [0.2, 0.25) is 11.9 Å². The van der Waals surface area contributed by atoms with E-state index in [4.69, 9.17) is 25.8 Å². The van der Waals surface area contributed by atoms with Crippen molar-refractivity contribution in [1.82, 2.24) is 19.8 Å². The van der Waals surface area contributed by atoms with Gasteiger partial charge in [-0.15, -0.1) is 0 Å². The summed E-state index contributed by atoms with van der Waals surface area (Å²) in [4.78, 5) is 31.0. The van der Waals surface area contributed by atoms with Crippen molar-refractivity contribution in [2.24, 2.45) is 5.41 Å². The van der Waals surface area contributed by atoms with E-state index >= 15 is 0 Å². The summed E-state index contributed by atoms with van der Waals surface area (Å²) in [5.74, 6) is 0.972. The summed E-state index contributed by atoms with van der Waals surface area (Å²) < 4.78 is 47.7. The van der Waals surface area contributed by atoms with Gasteiger partial charge in [-0.25, -0.2) is 4.98 Å². The third kappa shape index (κ3) is 5.98. The monoisotopic (exact) mass is 702 g/mol. The quantitative estimate of drug-likeness (QED) is 0.157. The highest BCUT2D eigenvalue weighted by Gasteiger charge is 2.51. The van der Waals surface area contributed by atoms with Crippen LogP contribution >= 0.6 is 0 Å². The summed E-state index contributed by atoms with van der Waals surface area (Å²) >= 11 is 0. The predicted octanol–water partition coefficient (Wildman–Crippen LogP) is 6.06. The molecule has 0 bridgehead atoms. The van der Waals surface area contributed by atoms with Crippen LogP contribution in [0.3, 0.4) is 0 Å². The fraction of sp³-hybridized carbons (Fsp3) is 0.474. The lowest BCUT2D eigenvalue weighted by Gasteiger charge is -2.54. The van der Waals surface area contributed by atoms with Gasteiger partial charge in [-0.2, -0.15) is 18.2 Å². The van der Waals surface area contributed by atoms with E-state index in [-0.39, 0.29) is 28.1 Å². The number of piperidine rings is 1. The zero-order chi connectivity index (χ0) is 36.3. The Morgan fingerprint density at radius 3 is 2.41 bits per heavy atom. The Hall–Kier alpha value is -4.65. The van der Waals surface area contributed by atoms with Gasteiger partial charge in [0, 0.05) is 73.1 Å². The first-order chi connectivity index (χ1) is 24.3. The number of carbonyl (C=O) groups is 1. The summed E-state index contributed by atoms with van der Waals surface area (Å²) in [6.45, 7) is 16.2. The highest BCUT2D eigenvalue weighted by Crippen LogP contribution is 2.48. The average Bonchev–Trinajstić information content (AvgIpc) is 3.53. The molecule has 1 amide bonds. The van der Waals surface area contributed by atoms with Gasteiger partial charge >= 0.3 is 6.18 Å². The summed E-state index contributed by atoms with van der Waals surface area (Å²) in [5, 5.41) is 8.78. The molecule has 13 heteroatoms. The minimum Gasteiger partial charge on any atom is -0.481 e. The number of nitrogens with zero attached hydrogens (tertiary/aromatic N) is 6. The molecule has 4 saturated heterocycles. The van der Waals surface area contributed by atoms with Gasteiger partial charge in [0.05, 0.1) is 5.54 Å². The number of rotatable bonds is 9. The highest BCUT2D eigenvalue weighted by atomic mass is 19.4. The van der Waals surface area contributed by atoms with Gasteiger partial charge in [-0.3, -0.25) is 9.69 Å². The van der Waals surface area contributed by atoms with E-state index in [2.05, 4.69) is 34.8 Å². The minimum absolute atomic E-state index is 0.0190. The van der Waals surface area contributed by atoms with Crippen LogP contribution in [0, 0.1) is 17.7 Å². The van der Waals surface area contributed by atoms with Gasteiger partial charge in [-0.1, -0.05) is 32.2 Å². The molecule has 3 N–H and O–H groups in total. The number of hydrogen-bond donors (Lipinski definition) is 2. The van der Waals surface area contributed by atoms with Gasteiger partial charge in [0.15, 0.2) is 12.4 Å². The van der Waals surface area contributed by atoms with Crippen LogP contribution in [0.2, 0.25) is 0 Å². The van der Waals surface area contributed by atoms with Crippen molar-refractivity contribution in [3.63, 3.8) is 0 Å². The van der Waals surface area contributed by atoms with Crippen LogP contribution in [0.25, 0.3) is 28.1 Å². The number of nitrogens with two attached hydrogens (primary N) is 1. The number of benzene rings is 2. The van der Waals surface area contributed by atoms with Gasteiger partial charge < -0.3 is 30.6 Å². The summed E-state index contributed by atoms with van der Waals surface area (Å²) in [7, 11) is 0. The zero-order valence-electron chi connectivity index (χ0n) is 29.3. The molecule has 2 aromatic carbocycles. The Kier molecular flexibility index (Phi) is 8.76. The molecule has 0 atom stereocenters. The van der Waals surface area contributed by atoms with Crippen molar-refractivity contribution in [2.45, 2.75) is 51.2 Å². The van der Waals surface area contributed by atoms with Crippen LogP contribution < -0.4 is 20.3 Å². The molecular weight excluding hydrogens is 657 g/mol. The lowest BCUT2D eigenvalue weighted by molar-refractivity contribution is -0.153. The van der Waals surface area contributed by atoms with E-state index in [1.165, 1.54) is 6.08 Å². The number of nitrogens with one attached hydrogen (secondary N) is 1. The normalized spacial score (nSPS) is 19.7. The van der Waals surface area contributed by atoms with E-state index in [0.29, 0.717) is 76.8 Å². The first-order valence-corrected chi connectivity index (χ1v) is 17.6. The van der Waals surface area contributed by atoms with Crippen LogP contribution in [-0.4, -0.2) is 103 Å². The van der Waals surface area contributed by atoms with Crippen molar-refractivity contribution >= 4 is 46.6 Å². The molecule has 3 aromatic rings. The second-order valence-electron chi connectivity index (χ2n) is 14.6. The van der Waals surface area contributed by atoms with Gasteiger partial charge in [0.1, 0.15) is 11.3 Å². The maximum Gasteiger partial charge on any atom is 0.422 e. The number of carbonyl (C=O) groups excluding carboxylic acids is 1. The van der Waals surface area contributed by atoms with E-state index in [0.717, 1.165) is 58.1 Å². The van der Waals surface area contributed by atoms with Gasteiger partial charge in [0.25, 0.3) is 0 Å². The fourth-order valence-electron chi connectivity index (χ4n) is 8.77. The average molecular weight is 703 g/mol. The van der Waals surface area contributed by atoms with Crippen LogP contribution in [0.1, 0.15) is 49.3 Å². The topological polar surface area (TPSA) is 115 Å². The largest absolute Gasteiger partial charge is 0.481 e. The lowest BCUT2D eigenvalue weighted by atomic mass is 9.72. The van der Waals surface area contributed by atoms with Crippen molar-refractivity contribution in [3.8, 4) is 16.9 Å². The molecule has 1 aromatic heterocycles. The molecule has 4 fully saturated rings. The van der Waals surface area contributed by atoms with Crippen molar-refractivity contribution in [2.75, 3.05) is 74.5 Å². The number of anilines is 3. The number of hydrogen-bond acceptors (Lipinski definition) is 9. The van der Waals surface area contributed by atoms with E-state index < -0.39 is 12.8 Å². The molecule has 0 radical (unpaired) electrons.